The lowest BCUT2D eigenvalue weighted by Gasteiger charge is -2.22. The van der Waals surface area contributed by atoms with Crippen LogP contribution in [0.15, 0.2) is 0 Å². The van der Waals surface area contributed by atoms with E-state index in [9.17, 15) is 9.59 Å². The molecular weight excluding hydrogens is 234 g/mol. The Bertz CT molecular complexity index is 318. The zero-order chi connectivity index (χ0) is 13.9. The topological polar surface area (TPSA) is 64.6 Å². The van der Waals surface area contributed by atoms with Gasteiger partial charge in [0.05, 0.1) is 12.1 Å². The minimum absolute atomic E-state index is 0.00352. The fourth-order valence-electron chi connectivity index (χ4n) is 2.40. The van der Waals surface area contributed by atoms with Crippen molar-refractivity contribution in [1.29, 1.82) is 0 Å². The maximum absolute atomic E-state index is 11.2. The summed E-state index contributed by atoms with van der Waals surface area (Å²) in [5, 5.41) is 2.81. The highest BCUT2D eigenvalue weighted by Gasteiger charge is 2.45. The molecule has 5 heteroatoms. The van der Waals surface area contributed by atoms with Gasteiger partial charge in [0, 0.05) is 19.8 Å². The van der Waals surface area contributed by atoms with Gasteiger partial charge >= 0.3 is 5.97 Å². The van der Waals surface area contributed by atoms with E-state index < -0.39 is 12.3 Å². The second kappa shape index (κ2) is 6.18. The number of esters is 1. The van der Waals surface area contributed by atoms with Gasteiger partial charge in [0.1, 0.15) is 0 Å². The fraction of sp³-hybridized carbons (Fsp3) is 0.846. The summed E-state index contributed by atoms with van der Waals surface area (Å²) in [5.74, 6) is -0.0604. The van der Waals surface area contributed by atoms with Crippen molar-refractivity contribution in [2.24, 2.45) is 11.8 Å². The van der Waals surface area contributed by atoms with Crippen LogP contribution in [0.3, 0.4) is 0 Å². The predicted molar refractivity (Wildman–Crippen MR) is 66.7 cm³/mol. The minimum Gasteiger partial charge on any atom is -0.434 e. The monoisotopic (exact) mass is 257 g/mol. The summed E-state index contributed by atoms with van der Waals surface area (Å²) in [6.07, 6.45) is 0.297. The molecule has 5 atom stereocenters. The lowest BCUT2D eigenvalue weighted by atomic mass is 9.89. The van der Waals surface area contributed by atoms with Gasteiger partial charge in [-0.05, 0) is 5.92 Å². The maximum Gasteiger partial charge on any atom is 0.305 e. The van der Waals surface area contributed by atoms with E-state index in [4.69, 9.17) is 9.47 Å². The molecule has 0 aliphatic carbocycles. The van der Waals surface area contributed by atoms with Crippen molar-refractivity contribution in [1.82, 2.24) is 5.32 Å². The van der Waals surface area contributed by atoms with E-state index in [1.807, 2.05) is 6.92 Å². The Kier molecular flexibility index (Phi) is 5.14. The number of rotatable bonds is 4. The summed E-state index contributed by atoms with van der Waals surface area (Å²) in [6.45, 7) is 9.00. The number of hydrogen-bond donors (Lipinski definition) is 1. The van der Waals surface area contributed by atoms with Crippen molar-refractivity contribution in [2.75, 3.05) is 0 Å². The molecule has 1 amide bonds. The van der Waals surface area contributed by atoms with Gasteiger partial charge in [0.25, 0.3) is 0 Å². The number of carbonyl (C=O) groups excluding carboxylic acids is 2. The Hall–Kier alpha value is -1.10. The summed E-state index contributed by atoms with van der Waals surface area (Å²) >= 11 is 0. The first-order valence-electron chi connectivity index (χ1n) is 6.46. The third-order valence-corrected chi connectivity index (χ3v) is 3.53. The molecule has 1 N–H and O–H groups in total. The first-order valence-corrected chi connectivity index (χ1v) is 6.46. The molecule has 1 saturated heterocycles. The zero-order valence-corrected chi connectivity index (χ0v) is 11.7. The molecule has 0 saturated carbocycles. The number of ether oxygens (including phenoxy) is 2. The number of nitrogens with one attached hydrogen (secondary N) is 1. The lowest BCUT2D eigenvalue weighted by Crippen LogP contribution is -2.44. The van der Waals surface area contributed by atoms with Gasteiger partial charge in [-0.25, -0.2) is 0 Å². The molecule has 0 radical (unpaired) electrons. The van der Waals surface area contributed by atoms with E-state index in [0.29, 0.717) is 5.92 Å². The Balaban J connectivity index is 2.80. The third-order valence-electron chi connectivity index (χ3n) is 3.53. The SMILES string of the molecule is CC[C@H](C)[C@H]1OC(OC(C)=O)[C@H](NC(C)=O)C1C. The highest BCUT2D eigenvalue weighted by Crippen LogP contribution is 2.33. The second-order valence-corrected chi connectivity index (χ2v) is 5.05. The molecule has 18 heavy (non-hydrogen) atoms. The minimum atomic E-state index is -0.680. The van der Waals surface area contributed by atoms with Crippen LogP contribution in [0, 0.1) is 11.8 Å². The van der Waals surface area contributed by atoms with Crippen LogP contribution >= 0.6 is 0 Å². The molecule has 1 aliphatic rings. The molecule has 0 aromatic heterocycles. The molecule has 1 aliphatic heterocycles. The maximum atomic E-state index is 11.2. The Morgan fingerprint density at radius 2 is 2.00 bits per heavy atom. The summed E-state index contributed by atoms with van der Waals surface area (Å²) in [4.78, 5) is 22.3. The second-order valence-electron chi connectivity index (χ2n) is 5.05. The van der Waals surface area contributed by atoms with Crippen LogP contribution < -0.4 is 5.32 Å². The van der Waals surface area contributed by atoms with Gasteiger partial charge in [0.2, 0.25) is 12.2 Å². The quantitative estimate of drug-likeness (QED) is 0.774. The average molecular weight is 257 g/mol. The first-order chi connectivity index (χ1) is 8.36. The molecule has 0 aromatic carbocycles. The Morgan fingerprint density at radius 3 is 2.44 bits per heavy atom. The van der Waals surface area contributed by atoms with E-state index in [-0.39, 0.29) is 24.0 Å². The van der Waals surface area contributed by atoms with Crippen molar-refractivity contribution in [2.45, 2.75) is 59.5 Å². The van der Waals surface area contributed by atoms with Crippen LogP contribution in [0.5, 0.6) is 0 Å². The normalized spacial score (nSPS) is 32.9. The molecule has 0 spiro atoms. The molecule has 0 bridgehead atoms. The van der Waals surface area contributed by atoms with Crippen molar-refractivity contribution in [3.63, 3.8) is 0 Å². The van der Waals surface area contributed by atoms with E-state index >= 15 is 0 Å². The van der Waals surface area contributed by atoms with Crippen LogP contribution in [0.2, 0.25) is 0 Å². The Morgan fingerprint density at radius 1 is 1.39 bits per heavy atom. The van der Waals surface area contributed by atoms with Gasteiger partial charge in [0.15, 0.2) is 0 Å². The van der Waals surface area contributed by atoms with Crippen molar-refractivity contribution in [3.05, 3.63) is 0 Å². The summed E-state index contributed by atoms with van der Waals surface area (Å²) in [7, 11) is 0. The zero-order valence-electron chi connectivity index (χ0n) is 11.7. The average Bonchev–Trinajstić information content (AvgIpc) is 2.55. The van der Waals surface area contributed by atoms with Gasteiger partial charge in [-0.1, -0.05) is 27.2 Å². The Labute approximate surface area is 108 Å². The van der Waals surface area contributed by atoms with Gasteiger partial charge in [-0.3, -0.25) is 9.59 Å². The smallest absolute Gasteiger partial charge is 0.305 e. The summed E-state index contributed by atoms with van der Waals surface area (Å²) < 4.78 is 10.9. The molecule has 104 valence electrons. The van der Waals surface area contributed by atoms with Gasteiger partial charge in [-0.2, -0.15) is 0 Å². The van der Waals surface area contributed by atoms with Gasteiger partial charge < -0.3 is 14.8 Å². The van der Waals surface area contributed by atoms with E-state index in [2.05, 4.69) is 19.2 Å². The molecule has 0 aromatic rings. The highest BCUT2D eigenvalue weighted by molar-refractivity contribution is 5.73. The molecule has 2 unspecified atom stereocenters. The van der Waals surface area contributed by atoms with Crippen molar-refractivity contribution < 1.29 is 19.1 Å². The summed E-state index contributed by atoms with van der Waals surface area (Å²) in [5.41, 5.74) is 0. The van der Waals surface area contributed by atoms with Gasteiger partial charge in [-0.15, -0.1) is 0 Å². The fourth-order valence-corrected chi connectivity index (χ4v) is 2.40. The van der Waals surface area contributed by atoms with Crippen molar-refractivity contribution >= 4 is 11.9 Å². The molecule has 5 nitrogen and oxygen atoms in total. The molecule has 1 heterocycles. The number of hydrogen-bond acceptors (Lipinski definition) is 4. The summed E-state index contributed by atoms with van der Waals surface area (Å²) in [6, 6.07) is -0.273. The highest BCUT2D eigenvalue weighted by atomic mass is 16.7. The van der Waals surface area contributed by atoms with E-state index in [0.717, 1.165) is 6.42 Å². The standard InChI is InChI=1S/C13H23NO4/c1-6-7(2)12-8(3)11(14-9(4)15)13(18-12)17-10(5)16/h7-8,11-13H,6H2,1-5H3,(H,14,15)/t7-,8?,11+,12+,13?/m0/s1. The van der Waals surface area contributed by atoms with Crippen LogP contribution in [0.25, 0.3) is 0 Å². The first kappa shape index (κ1) is 15.0. The molecule has 1 rings (SSSR count). The third kappa shape index (κ3) is 3.45. The number of carbonyl (C=O) groups is 2. The van der Waals surface area contributed by atoms with Crippen LogP contribution in [-0.4, -0.2) is 30.3 Å². The molecular formula is C13H23NO4. The van der Waals surface area contributed by atoms with Crippen LogP contribution in [-0.2, 0) is 19.1 Å². The number of amides is 1. The predicted octanol–water partition coefficient (Wildman–Crippen LogP) is 1.46. The lowest BCUT2D eigenvalue weighted by molar-refractivity contribution is -0.179. The van der Waals surface area contributed by atoms with E-state index in [1.54, 1.807) is 0 Å². The largest absolute Gasteiger partial charge is 0.434 e. The van der Waals surface area contributed by atoms with Crippen LogP contribution in [0.1, 0.15) is 41.0 Å². The van der Waals surface area contributed by atoms with E-state index in [1.165, 1.54) is 13.8 Å². The molecule has 1 fully saturated rings. The van der Waals surface area contributed by atoms with Crippen molar-refractivity contribution in [3.8, 4) is 0 Å². The van der Waals surface area contributed by atoms with Crippen LogP contribution in [0.4, 0.5) is 0 Å².